The Morgan fingerprint density at radius 3 is 2.75 bits per heavy atom. The molecule has 0 amide bonds. The summed E-state index contributed by atoms with van der Waals surface area (Å²) in [5.74, 6) is -0.871. The molecule has 1 heterocycles. The average Bonchev–Trinajstić information content (AvgIpc) is 2.69. The van der Waals surface area contributed by atoms with Crippen LogP contribution in [0.25, 0.3) is 0 Å². The monoisotopic (exact) mass is 225 g/mol. The third-order valence-corrected chi connectivity index (χ3v) is 2.82. The van der Waals surface area contributed by atoms with Gasteiger partial charge in [0.1, 0.15) is 5.69 Å². The molecule has 1 rings (SSSR count). The first kappa shape index (κ1) is 12.8. The number of aromatic nitrogens is 1. The summed E-state index contributed by atoms with van der Waals surface area (Å²) in [6.07, 6.45) is 1.66. The lowest BCUT2D eigenvalue weighted by Gasteiger charge is -2.17. The van der Waals surface area contributed by atoms with Gasteiger partial charge in [0, 0.05) is 25.3 Å². The molecule has 0 radical (unpaired) electrons. The molecule has 0 unspecified atom stereocenters. The maximum absolute atomic E-state index is 11.1. The van der Waals surface area contributed by atoms with Crippen LogP contribution < -0.4 is 0 Å². The van der Waals surface area contributed by atoms with Crippen LogP contribution in [0.3, 0.4) is 0 Å². The molecule has 16 heavy (non-hydrogen) atoms. The topological polar surface area (TPSA) is 51.5 Å². The van der Waals surface area contributed by atoms with E-state index in [0.29, 0.717) is 12.3 Å². The van der Waals surface area contributed by atoms with Crippen molar-refractivity contribution in [1.29, 1.82) is 0 Å². The molecule has 1 aromatic rings. The van der Waals surface area contributed by atoms with Crippen LogP contribution in [0.2, 0.25) is 0 Å². The predicted molar refractivity (Wildman–Crippen MR) is 62.0 cm³/mol. The first-order chi connectivity index (χ1) is 7.61. The summed E-state index contributed by atoms with van der Waals surface area (Å²) < 4.78 is 6.91. The first-order valence-electron chi connectivity index (χ1n) is 5.54. The Bertz CT molecular complexity index is 357. The largest absolute Gasteiger partial charge is 0.477 e. The second kappa shape index (κ2) is 5.70. The van der Waals surface area contributed by atoms with Gasteiger partial charge in [-0.15, -0.1) is 0 Å². The maximum Gasteiger partial charge on any atom is 0.352 e. The molecule has 0 spiro atoms. The van der Waals surface area contributed by atoms with Crippen LogP contribution >= 0.6 is 0 Å². The van der Waals surface area contributed by atoms with Crippen LogP contribution in [-0.2, 0) is 11.2 Å². The Morgan fingerprint density at radius 1 is 1.56 bits per heavy atom. The van der Waals surface area contributed by atoms with Crippen molar-refractivity contribution in [1.82, 2.24) is 4.57 Å². The van der Waals surface area contributed by atoms with Crippen molar-refractivity contribution in [2.45, 2.75) is 32.7 Å². The Hall–Kier alpha value is -1.29. The van der Waals surface area contributed by atoms with Crippen LogP contribution in [0.15, 0.2) is 12.1 Å². The predicted octanol–water partition coefficient (Wildman–Crippen LogP) is 2.35. The van der Waals surface area contributed by atoms with E-state index in [9.17, 15) is 4.79 Å². The maximum atomic E-state index is 11.1. The second-order valence-corrected chi connectivity index (χ2v) is 3.89. The van der Waals surface area contributed by atoms with E-state index in [1.54, 1.807) is 13.2 Å². The molecule has 1 aromatic heterocycles. The van der Waals surface area contributed by atoms with Gasteiger partial charge in [-0.05, 0) is 25.5 Å². The van der Waals surface area contributed by atoms with Gasteiger partial charge in [-0.25, -0.2) is 4.79 Å². The van der Waals surface area contributed by atoms with Crippen molar-refractivity contribution < 1.29 is 14.6 Å². The van der Waals surface area contributed by atoms with Gasteiger partial charge in [-0.1, -0.05) is 6.92 Å². The fraction of sp³-hybridized carbons (Fsp3) is 0.583. The number of rotatable bonds is 6. The summed E-state index contributed by atoms with van der Waals surface area (Å²) in [5.41, 5.74) is 1.38. The van der Waals surface area contributed by atoms with Gasteiger partial charge in [-0.2, -0.15) is 0 Å². The highest BCUT2D eigenvalue weighted by Gasteiger charge is 2.17. The van der Waals surface area contributed by atoms with E-state index in [0.717, 1.165) is 18.5 Å². The zero-order valence-corrected chi connectivity index (χ0v) is 10.1. The van der Waals surface area contributed by atoms with Gasteiger partial charge in [-0.3, -0.25) is 0 Å². The molecule has 0 aromatic carbocycles. The van der Waals surface area contributed by atoms with Gasteiger partial charge >= 0.3 is 5.97 Å². The van der Waals surface area contributed by atoms with Crippen molar-refractivity contribution in [3.63, 3.8) is 0 Å². The van der Waals surface area contributed by atoms with Crippen LogP contribution in [-0.4, -0.2) is 29.4 Å². The van der Waals surface area contributed by atoms with E-state index in [4.69, 9.17) is 9.84 Å². The van der Waals surface area contributed by atoms with E-state index in [1.165, 1.54) is 0 Å². The fourth-order valence-electron chi connectivity index (χ4n) is 1.78. The quantitative estimate of drug-likeness (QED) is 0.808. The third-order valence-electron chi connectivity index (χ3n) is 2.82. The van der Waals surface area contributed by atoms with Crippen LogP contribution in [0, 0.1) is 0 Å². The number of carboxylic acids is 1. The highest BCUT2D eigenvalue weighted by atomic mass is 16.5. The molecule has 1 atom stereocenters. The Labute approximate surface area is 95.8 Å². The van der Waals surface area contributed by atoms with Crippen LogP contribution in [0.5, 0.6) is 0 Å². The number of ether oxygens (including phenoxy) is 1. The third kappa shape index (κ3) is 2.64. The molecule has 0 saturated carbocycles. The van der Waals surface area contributed by atoms with E-state index in [2.05, 4.69) is 6.92 Å². The highest BCUT2D eigenvalue weighted by Crippen LogP contribution is 2.19. The summed E-state index contributed by atoms with van der Waals surface area (Å²) in [6.45, 7) is 4.69. The molecule has 1 N–H and O–H groups in total. The number of aromatic carboxylic acids is 1. The van der Waals surface area contributed by atoms with Crippen LogP contribution in [0.1, 0.15) is 42.5 Å². The lowest BCUT2D eigenvalue weighted by atomic mass is 10.2. The number of carboxylic acid groups (broad SMARTS) is 1. The van der Waals surface area contributed by atoms with Gasteiger partial charge in [0.15, 0.2) is 0 Å². The van der Waals surface area contributed by atoms with E-state index >= 15 is 0 Å². The SMILES string of the molecule is CC[C@@H](C)n1c(CCOC)ccc1C(=O)O. The lowest BCUT2D eigenvalue weighted by molar-refractivity contribution is 0.0682. The van der Waals surface area contributed by atoms with Gasteiger partial charge in [0.05, 0.1) is 6.61 Å². The van der Waals surface area contributed by atoms with Gasteiger partial charge in [0.2, 0.25) is 0 Å². The van der Waals surface area contributed by atoms with E-state index < -0.39 is 5.97 Å². The normalized spacial score (nSPS) is 12.7. The summed E-state index contributed by atoms with van der Waals surface area (Å²) in [5, 5.41) is 9.10. The minimum Gasteiger partial charge on any atom is -0.477 e. The Morgan fingerprint density at radius 2 is 2.25 bits per heavy atom. The van der Waals surface area contributed by atoms with E-state index in [-0.39, 0.29) is 6.04 Å². The molecular weight excluding hydrogens is 206 g/mol. The lowest BCUT2D eigenvalue weighted by Crippen LogP contribution is -2.15. The zero-order valence-electron chi connectivity index (χ0n) is 10.1. The average molecular weight is 225 g/mol. The minimum atomic E-state index is -0.871. The number of carbonyl (C=O) groups is 1. The van der Waals surface area contributed by atoms with E-state index in [1.807, 2.05) is 17.6 Å². The molecule has 0 saturated heterocycles. The fourth-order valence-corrected chi connectivity index (χ4v) is 1.78. The van der Waals surface area contributed by atoms with Crippen molar-refractivity contribution in [2.24, 2.45) is 0 Å². The van der Waals surface area contributed by atoms with Crippen molar-refractivity contribution in [3.8, 4) is 0 Å². The summed E-state index contributed by atoms with van der Waals surface area (Å²) >= 11 is 0. The first-order valence-corrected chi connectivity index (χ1v) is 5.54. The van der Waals surface area contributed by atoms with Crippen molar-refractivity contribution in [2.75, 3.05) is 13.7 Å². The number of hydrogen-bond donors (Lipinski definition) is 1. The summed E-state index contributed by atoms with van der Waals surface area (Å²) in [7, 11) is 1.65. The molecule has 0 aliphatic carbocycles. The zero-order chi connectivity index (χ0) is 12.1. The van der Waals surface area contributed by atoms with Crippen molar-refractivity contribution >= 4 is 5.97 Å². The molecule has 0 aliphatic heterocycles. The number of hydrogen-bond acceptors (Lipinski definition) is 2. The Balaban J connectivity index is 3.04. The summed E-state index contributed by atoms with van der Waals surface area (Å²) in [4.78, 5) is 11.1. The number of methoxy groups -OCH3 is 1. The second-order valence-electron chi connectivity index (χ2n) is 3.89. The minimum absolute atomic E-state index is 0.202. The Kier molecular flexibility index (Phi) is 4.55. The standard InChI is InChI=1S/C12H19NO3/c1-4-9(2)13-10(7-8-16-3)5-6-11(13)12(14)15/h5-6,9H,4,7-8H2,1-3H3,(H,14,15)/t9-/m1/s1. The van der Waals surface area contributed by atoms with Gasteiger partial charge in [0.25, 0.3) is 0 Å². The molecule has 90 valence electrons. The van der Waals surface area contributed by atoms with Crippen molar-refractivity contribution in [3.05, 3.63) is 23.5 Å². The molecule has 0 fully saturated rings. The molecule has 4 nitrogen and oxygen atoms in total. The van der Waals surface area contributed by atoms with Crippen LogP contribution in [0.4, 0.5) is 0 Å². The molecule has 0 aliphatic rings. The smallest absolute Gasteiger partial charge is 0.352 e. The van der Waals surface area contributed by atoms with Gasteiger partial charge < -0.3 is 14.4 Å². The number of nitrogens with zero attached hydrogens (tertiary/aromatic N) is 1. The summed E-state index contributed by atoms with van der Waals surface area (Å²) in [6, 6.07) is 3.74. The molecule has 4 heteroatoms. The molecular formula is C12H19NO3. The molecule has 0 bridgehead atoms. The highest BCUT2D eigenvalue weighted by molar-refractivity contribution is 5.86.